The van der Waals surface area contributed by atoms with Crippen LogP contribution in [0.15, 0.2) is 39.5 Å². The Morgan fingerprint density at radius 2 is 2.11 bits per heavy atom. The molecule has 1 aromatic heterocycles. The van der Waals surface area contributed by atoms with Crippen LogP contribution in [0.4, 0.5) is 0 Å². The summed E-state index contributed by atoms with van der Waals surface area (Å²) < 4.78 is 5.11. The summed E-state index contributed by atoms with van der Waals surface area (Å²) in [7, 11) is 0. The minimum absolute atomic E-state index is 0.0633. The first-order valence-corrected chi connectivity index (χ1v) is 6.23. The molecule has 0 radical (unpaired) electrons. The third kappa shape index (κ3) is 2.92. The number of nitrogens with one attached hydrogen (secondary N) is 1. The highest BCUT2D eigenvalue weighted by molar-refractivity contribution is 7.80. The fourth-order valence-corrected chi connectivity index (χ4v) is 1.80. The zero-order valence-corrected chi connectivity index (χ0v) is 10.6. The van der Waals surface area contributed by atoms with Gasteiger partial charge in [-0.1, -0.05) is 18.2 Å². The minimum Gasteiger partial charge on any atom is -0.427 e. The van der Waals surface area contributed by atoms with Gasteiger partial charge in [0.25, 0.3) is 0 Å². The van der Waals surface area contributed by atoms with E-state index in [1.54, 1.807) is 18.2 Å². The lowest BCUT2D eigenvalue weighted by Gasteiger charge is -2.03. The first-order chi connectivity index (χ1) is 8.70. The molecule has 2 rings (SSSR count). The SMILES string of the molecule is O=C(Cc1cc2ccccc2c(=O)o1)NCCS. The molecule has 4 nitrogen and oxygen atoms in total. The third-order valence-corrected chi connectivity index (χ3v) is 2.71. The Hall–Kier alpha value is -1.75. The molecular formula is C13H13NO3S. The third-order valence-electron chi connectivity index (χ3n) is 2.49. The topological polar surface area (TPSA) is 59.3 Å². The van der Waals surface area contributed by atoms with Crippen LogP contribution in [0.25, 0.3) is 10.8 Å². The van der Waals surface area contributed by atoms with Gasteiger partial charge in [0.05, 0.1) is 11.8 Å². The maximum atomic E-state index is 11.7. The lowest BCUT2D eigenvalue weighted by molar-refractivity contribution is -0.120. The predicted molar refractivity (Wildman–Crippen MR) is 73.1 cm³/mol. The summed E-state index contributed by atoms with van der Waals surface area (Å²) in [5, 5.41) is 3.98. The van der Waals surface area contributed by atoms with Crippen LogP contribution in [-0.4, -0.2) is 18.2 Å². The molecule has 0 aliphatic rings. The molecule has 0 aliphatic heterocycles. The van der Waals surface area contributed by atoms with Gasteiger partial charge in [-0.15, -0.1) is 0 Å². The lowest BCUT2D eigenvalue weighted by Crippen LogP contribution is -2.27. The van der Waals surface area contributed by atoms with Crippen molar-refractivity contribution in [2.75, 3.05) is 12.3 Å². The molecule has 0 fully saturated rings. The van der Waals surface area contributed by atoms with Crippen molar-refractivity contribution in [3.63, 3.8) is 0 Å². The highest BCUT2D eigenvalue weighted by atomic mass is 32.1. The van der Waals surface area contributed by atoms with Crippen LogP contribution in [-0.2, 0) is 11.2 Å². The number of hydrogen-bond donors (Lipinski definition) is 2. The highest BCUT2D eigenvalue weighted by Gasteiger charge is 2.08. The summed E-state index contributed by atoms with van der Waals surface area (Å²) in [5.41, 5.74) is -0.412. The first-order valence-electron chi connectivity index (χ1n) is 5.60. The van der Waals surface area contributed by atoms with Crippen LogP contribution >= 0.6 is 12.6 Å². The molecule has 0 saturated carbocycles. The molecule has 94 valence electrons. The van der Waals surface area contributed by atoms with Crippen LogP contribution in [0.3, 0.4) is 0 Å². The van der Waals surface area contributed by atoms with Crippen LogP contribution in [0.1, 0.15) is 5.76 Å². The summed E-state index contributed by atoms with van der Waals surface area (Å²) >= 11 is 4.00. The molecule has 1 N–H and O–H groups in total. The Bertz CT molecular complexity index is 621. The highest BCUT2D eigenvalue weighted by Crippen LogP contribution is 2.11. The van der Waals surface area contributed by atoms with Crippen molar-refractivity contribution in [3.8, 4) is 0 Å². The average molecular weight is 263 g/mol. The quantitative estimate of drug-likeness (QED) is 0.819. The Kier molecular flexibility index (Phi) is 4.04. The van der Waals surface area contributed by atoms with Gasteiger partial charge in [-0.3, -0.25) is 4.79 Å². The molecule has 1 amide bonds. The number of carbonyl (C=O) groups is 1. The van der Waals surface area contributed by atoms with Crippen molar-refractivity contribution in [3.05, 3.63) is 46.5 Å². The van der Waals surface area contributed by atoms with Gasteiger partial charge in [-0.2, -0.15) is 12.6 Å². The van der Waals surface area contributed by atoms with Gasteiger partial charge < -0.3 is 9.73 Å². The Morgan fingerprint density at radius 1 is 1.33 bits per heavy atom. The largest absolute Gasteiger partial charge is 0.427 e. The van der Waals surface area contributed by atoms with E-state index < -0.39 is 5.63 Å². The van der Waals surface area contributed by atoms with Gasteiger partial charge in [-0.05, 0) is 17.5 Å². The molecule has 0 spiro atoms. The molecule has 0 saturated heterocycles. The van der Waals surface area contributed by atoms with E-state index in [4.69, 9.17) is 4.42 Å². The number of hydrogen-bond acceptors (Lipinski definition) is 4. The number of rotatable bonds is 4. The zero-order chi connectivity index (χ0) is 13.0. The van der Waals surface area contributed by atoms with E-state index in [1.165, 1.54) is 0 Å². The molecule has 0 unspecified atom stereocenters. The number of amides is 1. The number of benzene rings is 1. The van der Waals surface area contributed by atoms with E-state index in [9.17, 15) is 9.59 Å². The average Bonchev–Trinajstić information content (AvgIpc) is 2.36. The maximum Gasteiger partial charge on any atom is 0.343 e. The number of fused-ring (bicyclic) bond motifs is 1. The Labute approximate surface area is 109 Å². The van der Waals surface area contributed by atoms with E-state index in [0.29, 0.717) is 23.4 Å². The van der Waals surface area contributed by atoms with Crippen molar-refractivity contribution in [2.24, 2.45) is 0 Å². The second-order valence-electron chi connectivity index (χ2n) is 3.84. The molecular weight excluding hydrogens is 250 g/mol. The van der Waals surface area contributed by atoms with Crippen molar-refractivity contribution in [1.29, 1.82) is 0 Å². The van der Waals surface area contributed by atoms with Crippen molar-refractivity contribution < 1.29 is 9.21 Å². The van der Waals surface area contributed by atoms with E-state index in [0.717, 1.165) is 5.39 Å². The monoisotopic (exact) mass is 263 g/mol. The Morgan fingerprint density at radius 3 is 2.89 bits per heavy atom. The maximum absolute atomic E-state index is 11.7. The second kappa shape index (κ2) is 5.73. The van der Waals surface area contributed by atoms with Gasteiger partial charge in [0, 0.05) is 12.3 Å². The van der Waals surface area contributed by atoms with Gasteiger partial charge >= 0.3 is 5.63 Å². The van der Waals surface area contributed by atoms with E-state index in [1.807, 2.05) is 12.1 Å². The van der Waals surface area contributed by atoms with Crippen LogP contribution < -0.4 is 10.9 Å². The molecule has 0 aliphatic carbocycles. The fraction of sp³-hybridized carbons (Fsp3) is 0.231. The summed E-state index contributed by atoms with van der Waals surface area (Å²) in [6.45, 7) is 0.500. The Balaban J connectivity index is 2.24. The molecule has 1 aromatic carbocycles. The molecule has 2 aromatic rings. The van der Waals surface area contributed by atoms with Crippen molar-refractivity contribution in [1.82, 2.24) is 5.32 Å². The second-order valence-corrected chi connectivity index (χ2v) is 4.28. The summed E-state index contributed by atoms with van der Waals surface area (Å²) in [4.78, 5) is 23.2. The van der Waals surface area contributed by atoms with E-state index in [-0.39, 0.29) is 12.3 Å². The molecule has 1 heterocycles. The molecule has 18 heavy (non-hydrogen) atoms. The summed E-state index contributed by atoms with van der Waals surface area (Å²) in [6.07, 6.45) is 0.0633. The minimum atomic E-state index is -0.412. The summed E-state index contributed by atoms with van der Waals surface area (Å²) in [5.74, 6) is 0.769. The number of thiol groups is 1. The van der Waals surface area contributed by atoms with Crippen molar-refractivity contribution >= 4 is 29.3 Å². The van der Waals surface area contributed by atoms with Gasteiger partial charge in [0.2, 0.25) is 5.91 Å². The molecule has 0 bridgehead atoms. The van der Waals surface area contributed by atoms with Gasteiger partial charge in [0.15, 0.2) is 0 Å². The van der Waals surface area contributed by atoms with Gasteiger partial charge in [0.1, 0.15) is 5.76 Å². The van der Waals surface area contributed by atoms with Crippen molar-refractivity contribution in [2.45, 2.75) is 6.42 Å². The molecule has 5 heteroatoms. The zero-order valence-electron chi connectivity index (χ0n) is 9.68. The predicted octanol–water partition coefficient (Wildman–Crippen LogP) is 1.38. The molecule has 0 atom stereocenters. The van der Waals surface area contributed by atoms with Crippen LogP contribution in [0.5, 0.6) is 0 Å². The number of carbonyl (C=O) groups excluding carboxylic acids is 1. The van der Waals surface area contributed by atoms with Gasteiger partial charge in [-0.25, -0.2) is 4.79 Å². The standard InChI is InChI=1S/C13H13NO3S/c15-12(14-5-6-18)8-10-7-9-3-1-2-4-11(9)13(16)17-10/h1-4,7,18H,5-6,8H2,(H,14,15). The smallest absolute Gasteiger partial charge is 0.343 e. The van der Waals surface area contributed by atoms with Crippen LogP contribution in [0.2, 0.25) is 0 Å². The fourth-order valence-electron chi connectivity index (χ4n) is 1.69. The lowest BCUT2D eigenvalue weighted by atomic mass is 10.1. The van der Waals surface area contributed by atoms with E-state index >= 15 is 0 Å². The normalized spacial score (nSPS) is 10.5. The van der Waals surface area contributed by atoms with E-state index in [2.05, 4.69) is 17.9 Å². The van der Waals surface area contributed by atoms with Crippen LogP contribution in [0, 0.1) is 0 Å². The first kappa shape index (κ1) is 12.7. The summed E-state index contributed by atoms with van der Waals surface area (Å²) in [6, 6.07) is 8.86.